The number of aryl methyl sites for hydroxylation is 4. The molecule has 0 N–H and O–H groups in total. The summed E-state index contributed by atoms with van der Waals surface area (Å²) in [7, 11) is 1.95. The fourth-order valence-electron chi connectivity index (χ4n) is 2.14. The largest absolute Gasteiger partial charge is 0.487 e. The monoisotopic (exact) mass is 322 g/mol. The molecule has 0 spiro atoms. The first-order chi connectivity index (χ1) is 9.04. The molecular formula is C15H19BrN2O. The van der Waals surface area contributed by atoms with Crippen molar-refractivity contribution in [3.63, 3.8) is 0 Å². The van der Waals surface area contributed by atoms with E-state index in [1.165, 1.54) is 0 Å². The Morgan fingerprint density at radius 1 is 1.26 bits per heavy atom. The van der Waals surface area contributed by atoms with Gasteiger partial charge >= 0.3 is 0 Å². The summed E-state index contributed by atoms with van der Waals surface area (Å²) >= 11 is 3.61. The van der Waals surface area contributed by atoms with Crippen LogP contribution in [-0.2, 0) is 20.1 Å². The minimum absolute atomic E-state index is 0.524. The molecule has 0 saturated carbocycles. The van der Waals surface area contributed by atoms with E-state index in [2.05, 4.69) is 53.9 Å². The summed E-state index contributed by atoms with van der Waals surface area (Å²) in [6, 6.07) is 6.18. The molecule has 0 amide bonds. The Morgan fingerprint density at radius 2 is 1.89 bits per heavy atom. The molecule has 0 aliphatic heterocycles. The summed E-state index contributed by atoms with van der Waals surface area (Å²) < 4.78 is 8.93. The van der Waals surface area contributed by atoms with Crippen molar-refractivity contribution in [3.8, 4) is 5.75 Å². The highest BCUT2D eigenvalue weighted by molar-refractivity contribution is 9.10. The van der Waals surface area contributed by atoms with Gasteiger partial charge in [-0.3, -0.25) is 4.68 Å². The third kappa shape index (κ3) is 2.84. The number of para-hydroxylation sites is 1. The summed E-state index contributed by atoms with van der Waals surface area (Å²) in [5.74, 6) is 0.966. The second-order valence-corrected chi connectivity index (χ2v) is 5.49. The summed E-state index contributed by atoms with van der Waals surface area (Å²) in [6.45, 7) is 6.76. The van der Waals surface area contributed by atoms with E-state index in [1.54, 1.807) is 0 Å². The van der Waals surface area contributed by atoms with Crippen molar-refractivity contribution >= 4 is 15.9 Å². The lowest BCUT2D eigenvalue weighted by molar-refractivity contribution is 0.290. The molecule has 0 atom stereocenters. The van der Waals surface area contributed by atoms with Gasteiger partial charge in [-0.25, -0.2) is 0 Å². The van der Waals surface area contributed by atoms with Crippen LogP contribution in [0.5, 0.6) is 5.75 Å². The second kappa shape index (κ2) is 5.78. The van der Waals surface area contributed by atoms with E-state index in [0.717, 1.165) is 39.2 Å². The Balaban J connectivity index is 2.22. The Hall–Kier alpha value is -1.29. The number of rotatable bonds is 4. The number of aromatic nitrogens is 2. The molecule has 3 nitrogen and oxygen atoms in total. The molecule has 19 heavy (non-hydrogen) atoms. The SMILES string of the molecule is CCc1nn(C)c(COc2c(C)cccc2C)c1Br. The number of benzene rings is 1. The van der Waals surface area contributed by atoms with Gasteiger partial charge in [0.05, 0.1) is 15.9 Å². The molecule has 0 aliphatic rings. The van der Waals surface area contributed by atoms with E-state index < -0.39 is 0 Å². The summed E-state index contributed by atoms with van der Waals surface area (Å²) in [5.41, 5.74) is 4.46. The molecule has 4 heteroatoms. The predicted octanol–water partition coefficient (Wildman–Crippen LogP) is 3.94. The number of ether oxygens (including phenoxy) is 1. The molecule has 0 bridgehead atoms. The van der Waals surface area contributed by atoms with Crippen molar-refractivity contribution in [2.24, 2.45) is 7.05 Å². The first-order valence-corrected chi connectivity index (χ1v) is 7.23. The Bertz CT molecular complexity index is 570. The van der Waals surface area contributed by atoms with Crippen LogP contribution in [0.25, 0.3) is 0 Å². The zero-order valence-electron chi connectivity index (χ0n) is 11.8. The summed E-state index contributed by atoms with van der Waals surface area (Å²) in [4.78, 5) is 0. The highest BCUT2D eigenvalue weighted by atomic mass is 79.9. The zero-order chi connectivity index (χ0) is 14.0. The molecule has 2 rings (SSSR count). The van der Waals surface area contributed by atoms with Gasteiger partial charge in [-0.2, -0.15) is 5.10 Å². The topological polar surface area (TPSA) is 27.1 Å². The second-order valence-electron chi connectivity index (χ2n) is 4.69. The fourth-order valence-corrected chi connectivity index (χ4v) is 2.87. The maximum atomic E-state index is 5.98. The minimum atomic E-state index is 0.524. The van der Waals surface area contributed by atoms with Crippen LogP contribution >= 0.6 is 15.9 Å². The van der Waals surface area contributed by atoms with Gasteiger partial charge < -0.3 is 4.74 Å². The summed E-state index contributed by atoms with van der Waals surface area (Å²) in [5, 5.41) is 4.48. The van der Waals surface area contributed by atoms with Crippen molar-refractivity contribution in [2.45, 2.75) is 33.8 Å². The van der Waals surface area contributed by atoms with Crippen LogP contribution in [0.4, 0.5) is 0 Å². The van der Waals surface area contributed by atoms with Gasteiger partial charge in [-0.05, 0) is 47.3 Å². The molecule has 0 radical (unpaired) electrons. The molecule has 0 fully saturated rings. The Labute approximate surface area is 122 Å². The molecule has 1 aromatic carbocycles. The lowest BCUT2D eigenvalue weighted by Gasteiger charge is -2.12. The van der Waals surface area contributed by atoms with Gasteiger partial charge in [-0.15, -0.1) is 0 Å². The lowest BCUT2D eigenvalue weighted by atomic mass is 10.1. The smallest absolute Gasteiger partial charge is 0.131 e. The van der Waals surface area contributed by atoms with Gasteiger partial charge in [0.1, 0.15) is 12.4 Å². The first kappa shape index (κ1) is 14.1. The highest BCUT2D eigenvalue weighted by Crippen LogP contribution is 2.26. The Morgan fingerprint density at radius 3 is 2.42 bits per heavy atom. The van der Waals surface area contributed by atoms with E-state index in [9.17, 15) is 0 Å². The maximum absolute atomic E-state index is 5.98. The average molecular weight is 323 g/mol. The maximum Gasteiger partial charge on any atom is 0.131 e. The number of nitrogens with zero attached hydrogens (tertiary/aromatic N) is 2. The van der Waals surface area contributed by atoms with E-state index in [4.69, 9.17) is 4.74 Å². The van der Waals surface area contributed by atoms with Crippen LogP contribution in [0.3, 0.4) is 0 Å². The fraction of sp³-hybridized carbons (Fsp3) is 0.400. The van der Waals surface area contributed by atoms with Gasteiger partial charge in [0.25, 0.3) is 0 Å². The van der Waals surface area contributed by atoms with Crippen LogP contribution in [0.2, 0.25) is 0 Å². The number of hydrogen-bond acceptors (Lipinski definition) is 2. The molecule has 1 heterocycles. The van der Waals surface area contributed by atoms with Crippen molar-refractivity contribution in [2.75, 3.05) is 0 Å². The van der Waals surface area contributed by atoms with E-state index in [-0.39, 0.29) is 0 Å². The molecule has 1 aromatic heterocycles. The van der Waals surface area contributed by atoms with Crippen molar-refractivity contribution in [1.29, 1.82) is 0 Å². The van der Waals surface area contributed by atoms with Gasteiger partial charge in [-0.1, -0.05) is 25.1 Å². The molecule has 0 saturated heterocycles. The normalized spacial score (nSPS) is 10.8. The third-order valence-corrected chi connectivity index (χ3v) is 4.18. The number of halogens is 1. The first-order valence-electron chi connectivity index (χ1n) is 6.43. The molecule has 2 aromatic rings. The molecule has 0 unspecified atom stereocenters. The average Bonchev–Trinajstić information content (AvgIpc) is 2.65. The minimum Gasteiger partial charge on any atom is -0.487 e. The standard InChI is InChI=1S/C15H19BrN2O/c1-5-12-14(16)13(18(4)17-12)9-19-15-10(2)7-6-8-11(15)3/h6-8H,5,9H2,1-4H3. The van der Waals surface area contributed by atoms with Gasteiger partial charge in [0.2, 0.25) is 0 Å². The van der Waals surface area contributed by atoms with E-state index in [1.807, 2.05) is 17.8 Å². The third-order valence-electron chi connectivity index (χ3n) is 3.26. The van der Waals surface area contributed by atoms with Crippen molar-refractivity contribution in [1.82, 2.24) is 9.78 Å². The van der Waals surface area contributed by atoms with Crippen LogP contribution in [-0.4, -0.2) is 9.78 Å². The molecule has 102 valence electrons. The lowest BCUT2D eigenvalue weighted by Crippen LogP contribution is -2.05. The highest BCUT2D eigenvalue weighted by Gasteiger charge is 2.13. The molecule has 0 aliphatic carbocycles. The van der Waals surface area contributed by atoms with Gasteiger partial charge in [0.15, 0.2) is 0 Å². The summed E-state index contributed by atoms with van der Waals surface area (Å²) in [6.07, 6.45) is 0.914. The van der Waals surface area contributed by atoms with Crippen LogP contribution in [0.1, 0.15) is 29.4 Å². The zero-order valence-corrected chi connectivity index (χ0v) is 13.4. The van der Waals surface area contributed by atoms with Crippen LogP contribution in [0, 0.1) is 13.8 Å². The predicted molar refractivity (Wildman–Crippen MR) is 80.5 cm³/mol. The van der Waals surface area contributed by atoms with E-state index >= 15 is 0 Å². The number of hydrogen-bond donors (Lipinski definition) is 0. The van der Waals surface area contributed by atoms with Crippen molar-refractivity contribution < 1.29 is 4.74 Å². The van der Waals surface area contributed by atoms with Crippen LogP contribution in [0.15, 0.2) is 22.7 Å². The van der Waals surface area contributed by atoms with Gasteiger partial charge in [0, 0.05) is 7.05 Å². The molecular weight excluding hydrogens is 304 g/mol. The van der Waals surface area contributed by atoms with Crippen LogP contribution < -0.4 is 4.74 Å². The quantitative estimate of drug-likeness (QED) is 0.852. The van der Waals surface area contributed by atoms with E-state index in [0.29, 0.717) is 6.61 Å². The van der Waals surface area contributed by atoms with Crippen molar-refractivity contribution in [3.05, 3.63) is 45.2 Å². The Kier molecular flexibility index (Phi) is 4.30.